The number of hydrogen-bond donors (Lipinski definition) is 0. The monoisotopic (exact) mass is 657 g/mol. The number of benzene rings is 7. The lowest BCUT2D eigenvalue weighted by Crippen LogP contribution is -2.43. The molecule has 9 aromatic rings. The largest absolute Gasteiger partial charge is 0.456 e. The molecular formula is C47H35N3O. The third-order valence-corrected chi connectivity index (χ3v) is 11.7. The average Bonchev–Trinajstić information content (AvgIpc) is 3.56. The van der Waals surface area contributed by atoms with Crippen molar-refractivity contribution < 1.29 is 4.42 Å². The number of fused-ring (bicyclic) bond motifs is 9. The van der Waals surface area contributed by atoms with Crippen molar-refractivity contribution in [3.63, 3.8) is 0 Å². The Balaban J connectivity index is 1.38. The molecule has 1 aliphatic rings. The molecule has 0 bridgehead atoms. The molecule has 0 fully saturated rings. The minimum absolute atomic E-state index is 0.135. The van der Waals surface area contributed by atoms with Gasteiger partial charge in [-0.15, -0.1) is 0 Å². The van der Waals surface area contributed by atoms with Crippen LogP contribution in [0, 0.1) is 0 Å². The quantitative estimate of drug-likeness (QED) is 0.177. The molecule has 0 atom stereocenters. The highest BCUT2D eigenvalue weighted by Gasteiger charge is 2.47. The molecule has 244 valence electrons. The molecule has 10 rings (SSSR count). The summed E-state index contributed by atoms with van der Waals surface area (Å²) in [6.07, 6.45) is 0. The molecule has 0 radical (unpaired) electrons. The topological polar surface area (TPSA) is 51.8 Å². The average molecular weight is 658 g/mol. The van der Waals surface area contributed by atoms with Crippen molar-refractivity contribution in [2.24, 2.45) is 0 Å². The third kappa shape index (κ3) is 4.23. The summed E-state index contributed by atoms with van der Waals surface area (Å²) in [5.74, 6) is 1.91. The Labute approximate surface area is 296 Å². The lowest BCUT2D eigenvalue weighted by atomic mass is 9.54. The Hall–Kier alpha value is -6.13. The number of hydrogen-bond acceptors (Lipinski definition) is 4. The lowest BCUT2D eigenvalue weighted by molar-refractivity contribution is 0.299. The zero-order valence-corrected chi connectivity index (χ0v) is 29.0. The Bertz CT molecular complexity index is 2860. The Morgan fingerprint density at radius 2 is 1.08 bits per heavy atom. The van der Waals surface area contributed by atoms with Crippen LogP contribution in [0.5, 0.6) is 0 Å². The van der Waals surface area contributed by atoms with Crippen LogP contribution >= 0.6 is 0 Å². The van der Waals surface area contributed by atoms with Gasteiger partial charge in [-0.2, -0.15) is 0 Å². The normalized spacial score (nSPS) is 14.6. The van der Waals surface area contributed by atoms with Crippen LogP contribution in [0.1, 0.15) is 38.8 Å². The van der Waals surface area contributed by atoms with E-state index in [0.717, 1.165) is 44.0 Å². The van der Waals surface area contributed by atoms with Crippen molar-refractivity contribution in [3.8, 4) is 45.3 Å². The molecular weight excluding hydrogens is 623 g/mol. The summed E-state index contributed by atoms with van der Waals surface area (Å²) < 4.78 is 6.33. The molecule has 51 heavy (non-hydrogen) atoms. The van der Waals surface area contributed by atoms with Gasteiger partial charge in [-0.3, -0.25) is 0 Å². The summed E-state index contributed by atoms with van der Waals surface area (Å²) in [6, 6.07) is 49.1. The van der Waals surface area contributed by atoms with Crippen molar-refractivity contribution in [2.45, 2.75) is 38.5 Å². The molecule has 0 aliphatic heterocycles. The van der Waals surface area contributed by atoms with Gasteiger partial charge in [0.25, 0.3) is 0 Å². The fourth-order valence-corrected chi connectivity index (χ4v) is 8.36. The number of aromatic nitrogens is 3. The van der Waals surface area contributed by atoms with Crippen LogP contribution in [0.3, 0.4) is 0 Å². The first-order chi connectivity index (χ1) is 24.8. The number of nitrogens with zero attached hydrogens (tertiary/aromatic N) is 3. The van der Waals surface area contributed by atoms with Crippen LogP contribution in [0.15, 0.2) is 144 Å². The van der Waals surface area contributed by atoms with Crippen molar-refractivity contribution in [1.29, 1.82) is 0 Å². The predicted molar refractivity (Wildman–Crippen MR) is 210 cm³/mol. The molecule has 4 heteroatoms. The van der Waals surface area contributed by atoms with E-state index in [2.05, 4.69) is 125 Å². The first-order valence-corrected chi connectivity index (χ1v) is 17.6. The SMILES string of the molecule is CC1(C)c2ccccc2-c2c(cc3c(ccc4ccccc43)c2-c2nc(-c3ccccc3)nc(-c3cccc4oc5ccccc5c34)n2)C1(C)C. The molecule has 0 N–H and O–H groups in total. The maximum absolute atomic E-state index is 6.33. The van der Waals surface area contributed by atoms with Crippen LogP contribution in [0.2, 0.25) is 0 Å². The maximum Gasteiger partial charge on any atom is 0.165 e. The van der Waals surface area contributed by atoms with Gasteiger partial charge in [0.2, 0.25) is 0 Å². The van der Waals surface area contributed by atoms with Gasteiger partial charge in [-0.25, -0.2) is 15.0 Å². The van der Waals surface area contributed by atoms with Gasteiger partial charge >= 0.3 is 0 Å². The molecule has 2 aromatic heterocycles. The van der Waals surface area contributed by atoms with Gasteiger partial charge in [0, 0.05) is 27.5 Å². The predicted octanol–water partition coefficient (Wildman–Crippen LogP) is 12.3. The third-order valence-electron chi connectivity index (χ3n) is 11.7. The summed E-state index contributed by atoms with van der Waals surface area (Å²) >= 11 is 0. The summed E-state index contributed by atoms with van der Waals surface area (Å²) in [5, 5.41) is 6.81. The second-order valence-corrected chi connectivity index (χ2v) is 14.8. The first kappa shape index (κ1) is 29.8. The van der Waals surface area contributed by atoms with Crippen LogP contribution < -0.4 is 0 Å². The van der Waals surface area contributed by atoms with E-state index in [1.807, 2.05) is 42.5 Å². The summed E-state index contributed by atoms with van der Waals surface area (Å²) in [5.41, 5.74) is 9.25. The molecule has 1 aliphatic carbocycles. The van der Waals surface area contributed by atoms with Gasteiger partial charge in [0.05, 0.1) is 0 Å². The second kappa shape index (κ2) is 10.7. The molecule has 2 heterocycles. The zero-order chi connectivity index (χ0) is 34.5. The highest BCUT2D eigenvalue weighted by molar-refractivity contribution is 6.16. The van der Waals surface area contributed by atoms with Gasteiger partial charge in [0.15, 0.2) is 17.5 Å². The molecule has 0 saturated heterocycles. The Kier molecular flexibility index (Phi) is 6.23. The number of para-hydroxylation sites is 1. The molecule has 0 saturated carbocycles. The van der Waals surface area contributed by atoms with Crippen LogP contribution in [-0.2, 0) is 10.8 Å². The molecule has 7 aromatic carbocycles. The van der Waals surface area contributed by atoms with Gasteiger partial charge in [0.1, 0.15) is 11.2 Å². The smallest absolute Gasteiger partial charge is 0.165 e. The van der Waals surface area contributed by atoms with E-state index >= 15 is 0 Å². The van der Waals surface area contributed by atoms with Crippen molar-refractivity contribution >= 4 is 43.5 Å². The van der Waals surface area contributed by atoms with E-state index in [9.17, 15) is 0 Å². The fraction of sp³-hybridized carbons (Fsp3) is 0.128. The minimum Gasteiger partial charge on any atom is -0.456 e. The van der Waals surface area contributed by atoms with E-state index in [1.165, 1.54) is 38.4 Å². The summed E-state index contributed by atoms with van der Waals surface area (Å²) in [6.45, 7) is 9.54. The molecule has 0 unspecified atom stereocenters. The van der Waals surface area contributed by atoms with Crippen LogP contribution in [0.25, 0.3) is 88.8 Å². The van der Waals surface area contributed by atoms with E-state index in [4.69, 9.17) is 19.4 Å². The maximum atomic E-state index is 6.33. The Morgan fingerprint density at radius 1 is 0.431 bits per heavy atom. The van der Waals surface area contributed by atoms with E-state index in [0.29, 0.717) is 17.5 Å². The van der Waals surface area contributed by atoms with E-state index in [1.54, 1.807) is 0 Å². The Morgan fingerprint density at radius 3 is 1.94 bits per heavy atom. The summed E-state index contributed by atoms with van der Waals surface area (Å²) in [7, 11) is 0. The molecule has 0 spiro atoms. The second-order valence-electron chi connectivity index (χ2n) is 14.8. The van der Waals surface area contributed by atoms with Crippen molar-refractivity contribution in [2.75, 3.05) is 0 Å². The van der Waals surface area contributed by atoms with Gasteiger partial charge < -0.3 is 4.42 Å². The van der Waals surface area contributed by atoms with Crippen molar-refractivity contribution in [3.05, 3.63) is 151 Å². The van der Waals surface area contributed by atoms with Crippen LogP contribution in [0.4, 0.5) is 0 Å². The molecule has 4 nitrogen and oxygen atoms in total. The van der Waals surface area contributed by atoms with E-state index in [-0.39, 0.29) is 10.8 Å². The standard InChI is InChI=1S/C47H35N3O/c1-46(2)36-22-12-10-19-32(36)41-37(47(46,3)4)27-35-30-18-9-8-15-28(30)25-26-31(35)42(41)45-49-43(29-16-6-5-7-17-29)48-44(50-45)34-21-14-24-39-40(34)33-20-11-13-23-38(33)51-39/h5-27H,1-4H3. The highest BCUT2D eigenvalue weighted by atomic mass is 16.3. The first-order valence-electron chi connectivity index (χ1n) is 17.6. The van der Waals surface area contributed by atoms with Gasteiger partial charge in [-0.1, -0.05) is 149 Å². The number of rotatable bonds is 3. The van der Waals surface area contributed by atoms with Gasteiger partial charge in [-0.05, 0) is 72.8 Å². The fourth-order valence-electron chi connectivity index (χ4n) is 8.36. The highest BCUT2D eigenvalue weighted by Crippen LogP contribution is 2.57. The summed E-state index contributed by atoms with van der Waals surface area (Å²) in [4.78, 5) is 16.1. The molecule has 0 amide bonds. The van der Waals surface area contributed by atoms with Crippen molar-refractivity contribution in [1.82, 2.24) is 15.0 Å². The minimum atomic E-state index is -0.212. The zero-order valence-electron chi connectivity index (χ0n) is 29.0. The van der Waals surface area contributed by atoms with E-state index < -0.39 is 0 Å². The number of furan rings is 1. The van der Waals surface area contributed by atoms with Crippen LogP contribution in [-0.4, -0.2) is 15.0 Å². The lowest BCUT2D eigenvalue weighted by Gasteiger charge is -2.49.